The summed E-state index contributed by atoms with van der Waals surface area (Å²) in [6.45, 7) is 0. The molecule has 1 atom stereocenters. The first-order valence-electron chi connectivity index (χ1n) is 6.72. The second-order valence-electron chi connectivity index (χ2n) is 5.00. The second kappa shape index (κ2) is 5.80. The Hall–Kier alpha value is -2.03. The largest absolute Gasteiger partial charge is 0.487 e. The lowest BCUT2D eigenvalue weighted by molar-refractivity contribution is -0.138. The Morgan fingerprint density at radius 3 is 2.17 bits per heavy atom. The number of halogens is 6. The number of nitrogens with one attached hydrogen (secondary N) is 1. The number of thioether (sulfide) groups is 1. The van der Waals surface area contributed by atoms with Crippen molar-refractivity contribution in [1.82, 2.24) is 0 Å². The molecule has 1 aliphatic rings. The average Bonchev–Trinajstić information content (AvgIpc) is 2.84. The number of hydrogen-bond donors (Lipinski definition) is 1. The Kier molecular flexibility index (Phi) is 4.06. The highest BCUT2D eigenvalue weighted by molar-refractivity contribution is 8.00. The average molecular weight is 364 g/mol. The normalized spacial score (nSPS) is 17.8. The van der Waals surface area contributed by atoms with Gasteiger partial charge in [0.2, 0.25) is 0 Å². The molecule has 9 heteroatoms. The van der Waals surface area contributed by atoms with Gasteiger partial charge in [0.1, 0.15) is 0 Å². The number of benzene rings is 2. The van der Waals surface area contributed by atoms with Crippen LogP contribution in [-0.4, -0.2) is 11.8 Å². The third-order valence-electron chi connectivity index (χ3n) is 3.36. The van der Waals surface area contributed by atoms with Crippen LogP contribution < -0.4 is 10.2 Å². The summed E-state index contributed by atoms with van der Waals surface area (Å²) in [7, 11) is 0. The van der Waals surface area contributed by atoms with Gasteiger partial charge >= 0.3 is 12.5 Å². The molecule has 0 fully saturated rings. The van der Waals surface area contributed by atoms with Crippen LogP contribution in [0.2, 0.25) is 0 Å². The Balaban J connectivity index is 1.98. The Labute approximate surface area is 137 Å². The van der Waals surface area contributed by atoms with E-state index in [0.717, 1.165) is 23.9 Å². The molecule has 1 unspecified atom stereocenters. The molecule has 3 rings (SSSR count). The molecule has 0 bridgehead atoms. The summed E-state index contributed by atoms with van der Waals surface area (Å²) >= 11 is 0.813. The molecule has 1 aliphatic heterocycles. The lowest BCUT2D eigenvalue weighted by atomic mass is 10.2. The van der Waals surface area contributed by atoms with Crippen molar-refractivity contribution in [2.24, 2.45) is 0 Å². The van der Waals surface area contributed by atoms with Gasteiger partial charge in [0.25, 0.3) is 0 Å². The SMILES string of the molecule is FC(F)(F)c1ccc2c(c1)N(C(F)(F)F)C(Nc1ccccc1)S2. The quantitative estimate of drug-likeness (QED) is 0.557. The van der Waals surface area contributed by atoms with Crippen molar-refractivity contribution in [3.63, 3.8) is 0 Å². The topological polar surface area (TPSA) is 15.3 Å². The fourth-order valence-electron chi connectivity index (χ4n) is 2.32. The zero-order chi connectivity index (χ0) is 17.5. The van der Waals surface area contributed by atoms with Gasteiger partial charge in [-0.1, -0.05) is 30.0 Å². The van der Waals surface area contributed by atoms with Crippen LogP contribution in [0.4, 0.5) is 37.7 Å². The lowest BCUT2D eigenvalue weighted by Gasteiger charge is -2.29. The summed E-state index contributed by atoms with van der Waals surface area (Å²) < 4.78 is 78.6. The molecule has 2 aromatic rings. The van der Waals surface area contributed by atoms with Gasteiger partial charge in [-0.15, -0.1) is 13.2 Å². The summed E-state index contributed by atoms with van der Waals surface area (Å²) in [6, 6.07) is 10.5. The van der Waals surface area contributed by atoms with Crippen molar-refractivity contribution in [2.45, 2.75) is 22.9 Å². The van der Waals surface area contributed by atoms with E-state index in [4.69, 9.17) is 0 Å². The molecule has 128 valence electrons. The van der Waals surface area contributed by atoms with Crippen LogP contribution in [0.1, 0.15) is 5.56 Å². The Morgan fingerprint density at radius 2 is 1.58 bits per heavy atom. The number of hydrogen-bond acceptors (Lipinski definition) is 3. The minimum absolute atomic E-state index is 0.00917. The van der Waals surface area contributed by atoms with Crippen LogP contribution >= 0.6 is 11.8 Å². The van der Waals surface area contributed by atoms with Crippen molar-refractivity contribution < 1.29 is 26.3 Å². The first kappa shape index (κ1) is 16.8. The predicted molar refractivity (Wildman–Crippen MR) is 79.7 cm³/mol. The standard InChI is InChI=1S/C15H10F6N2S/c16-14(17,18)9-6-7-12-11(8-9)23(15(19,20)21)13(24-12)22-10-4-2-1-3-5-10/h1-8,13,22H. The van der Waals surface area contributed by atoms with Crippen LogP contribution in [0.15, 0.2) is 53.4 Å². The van der Waals surface area contributed by atoms with Crippen molar-refractivity contribution >= 4 is 23.1 Å². The maximum absolute atomic E-state index is 13.4. The molecule has 0 amide bonds. The van der Waals surface area contributed by atoms with E-state index in [1.54, 1.807) is 30.3 Å². The smallest absolute Gasteiger partial charge is 0.356 e. The molecule has 2 aromatic carbocycles. The summed E-state index contributed by atoms with van der Waals surface area (Å²) in [6.07, 6.45) is -9.53. The fraction of sp³-hybridized carbons (Fsp3) is 0.200. The van der Waals surface area contributed by atoms with Crippen molar-refractivity contribution in [3.8, 4) is 0 Å². The van der Waals surface area contributed by atoms with Crippen molar-refractivity contribution in [3.05, 3.63) is 54.1 Å². The molecule has 0 saturated heterocycles. The van der Waals surface area contributed by atoms with Crippen molar-refractivity contribution in [2.75, 3.05) is 10.2 Å². The van der Waals surface area contributed by atoms with E-state index in [1.807, 2.05) is 0 Å². The van der Waals surface area contributed by atoms with Crippen LogP contribution in [-0.2, 0) is 6.18 Å². The molecule has 0 aliphatic carbocycles. The van der Waals surface area contributed by atoms with E-state index in [-0.39, 0.29) is 9.80 Å². The first-order valence-corrected chi connectivity index (χ1v) is 7.60. The molecular weight excluding hydrogens is 354 g/mol. The summed E-state index contributed by atoms with van der Waals surface area (Å²) in [4.78, 5) is 0.142. The summed E-state index contributed by atoms with van der Waals surface area (Å²) in [5.74, 6) is 0. The van der Waals surface area contributed by atoms with Gasteiger partial charge in [0.15, 0.2) is 5.50 Å². The highest BCUT2D eigenvalue weighted by atomic mass is 32.2. The molecule has 1 heterocycles. The third kappa shape index (κ3) is 3.26. The van der Waals surface area contributed by atoms with Gasteiger partial charge in [-0.05, 0) is 30.3 Å². The fourth-order valence-corrected chi connectivity index (χ4v) is 3.52. The van der Waals surface area contributed by atoms with Crippen molar-refractivity contribution in [1.29, 1.82) is 0 Å². The number of rotatable bonds is 2. The maximum atomic E-state index is 13.4. The van der Waals surface area contributed by atoms with Gasteiger partial charge in [0.05, 0.1) is 11.3 Å². The maximum Gasteiger partial charge on any atom is 0.487 e. The van der Waals surface area contributed by atoms with Gasteiger partial charge in [-0.2, -0.15) is 13.2 Å². The number of alkyl halides is 6. The van der Waals surface area contributed by atoms with E-state index >= 15 is 0 Å². The molecule has 24 heavy (non-hydrogen) atoms. The number of anilines is 2. The zero-order valence-electron chi connectivity index (χ0n) is 11.8. The first-order chi connectivity index (χ1) is 11.2. The van der Waals surface area contributed by atoms with Crippen LogP contribution in [0.3, 0.4) is 0 Å². The van der Waals surface area contributed by atoms with E-state index in [9.17, 15) is 26.3 Å². The highest BCUT2D eigenvalue weighted by Gasteiger charge is 2.48. The van der Waals surface area contributed by atoms with Gasteiger partial charge in [-0.3, -0.25) is 4.90 Å². The van der Waals surface area contributed by atoms with Gasteiger partial charge in [-0.25, -0.2) is 0 Å². The monoisotopic (exact) mass is 364 g/mol. The second-order valence-corrected chi connectivity index (χ2v) is 6.12. The predicted octanol–water partition coefficient (Wildman–Crippen LogP) is 5.53. The summed E-state index contributed by atoms with van der Waals surface area (Å²) in [5, 5.41) is 2.69. The van der Waals surface area contributed by atoms with Gasteiger partial charge < -0.3 is 5.32 Å². The molecule has 0 radical (unpaired) electrons. The van der Waals surface area contributed by atoms with Crippen LogP contribution in [0, 0.1) is 0 Å². The van der Waals surface area contributed by atoms with E-state index in [1.165, 1.54) is 0 Å². The molecular formula is C15H10F6N2S. The molecule has 0 aromatic heterocycles. The molecule has 0 saturated carbocycles. The lowest BCUT2D eigenvalue weighted by Crippen LogP contribution is -2.45. The van der Waals surface area contributed by atoms with Gasteiger partial charge in [0, 0.05) is 10.6 Å². The minimum Gasteiger partial charge on any atom is -0.356 e. The van der Waals surface area contributed by atoms with Crippen LogP contribution in [0.25, 0.3) is 0 Å². The zero-order valence-corrected chi connectivity index (χ0v) is 12.6. The highest BCUT2D eigenvalue weighted by Crippen LogP contribution is 2.49. The molecule has 2 nitrogen and oxygen atoms in total. The summed E-state index contributed by atoms with van der Waals surface area (Å²) in [5.41, 5.74) is -2.47. The number of para-hydroxylation sites is 1. The Morgan fingerprint density at radius 1 is 0.917 bits per heavy atom. The third-order valence-corrected chi connectivity index (χ3v) is 4.51. The van der Waals surface area contributed by atoms with E-state index in [0.29, 0.717) is 11.8 Å². The number of fused-ring (bicyclic) bond motifs is 1. The Bertz CT molecular complexity index is 729. The van der Waals surface area contributed by atoms with Crippen LogP contribution in [0.5, 0.6) is 0 Å². The molecule has 0 spiro atoms. The van der Waals surface area contributed by atoms with E-state index < -0.39 is 29.2 Å². The van der Waals surface area contributed by atoms with E-state index in [2.05, 4.69) is 5.32 Å². The molecule has 1 N–H and O–H groups in total. The minimum atomic E-state index is -4.82. The number of nitrogens with zero attached hydrogens (tertiary/aromatic N) is 1.